The topological polar surface area (TPSA) is 57.6 Å². The lowest BCUT2D eigenvalue weighted by atomic mass is 10.2. The van der Waals surface area contributed by atoms with E-state index in [9.17, 15) is 8.42 Å². The van der Waals surface area contributed by atoms with Crippen LogP contribution in [-0.4, -0.2) is 41.4 Å². The summed E-state index contributed by atoms with van der Waals surface area (Å²) in [4.78, 5) is 0. The van der Waals surface area contributed by atoms with Gasteiger partial charge in [0.05, 0.1) is 6.61 Å². The molecule has 1 saturated heterocycles. The molecule has 1 fully saturated rings. The molecule has 2 rings (SSSR count). The van der Waals surface area contributed by atoms with Gasteiger partial charge in [-0.3, -0.25) is 0 Å². The third kappa shape index (κ3) is 2.60. The lowest BCUT2D eigenvalue weighted by molar-refractivity contribution is 0.282. The molecule has 2 atom stereocenters. The van der Waals surface area contributed by atoms with Crippen molar-refractivity contribution in [1.29, 1.82) is 0 Å². The Labute approximate surface area is 116 Å². The van der Waals surface area contributed by atoms with Crippen LogP contribution in [0.1, 0.15) is 19.4 Å². The smallest absolute Gasteiger partial charge is 0.252 e. The Hall–Kier alpha value is -0.0800. The summed E-state index contributed by atoms with van der Waals surface area (Å²) in [6, 6.07) is 1.58. The van der Waals surface area contributed by atoms with Crippen LogP contribution >= 0.6 is 23.1 Å². The maximum Gasteiger partial charge on any atom is 0.252 e. The Morgan fingerprint density at radius 2 is 2.22 bits per heavy atom. The highest BCUT2D eigenvalue weighted by Crippen LogP contribution is 2.31. The minimum absolute atomic E-state index is 0.00780. The molecule has 7 heteroatoms. The fraction of sp³-hybridized carbons (Fsp3) is 0.636. The maximum atomic E-state index is 12.5. The number of rotatable bonds is 3. The van der Waals surface area contributed by atoms with E-state index in [1.807, 2.05) is 18.7 Å². The van der Waals surface area contributed by atoms with Crippen LogP contribution in [0.15, 0.2) is 15.7 Å². The predicted molar refractivity (Wildman–Crippen MR) is 75.5 cm³/mol. The number of thioether (sulfide) groups is 1. The van der Waals surface area contributed by atoms with Gasteiger partial charge in [-0.2, -0.15) is 16.1 Å². The van der Waals surface area contributed by atoms with Gasteiger partial charge in [0.25, 0.3) is 10.0 Å². The van der Waals surface area contributed by atoms with Crippen LogP contribution < -0.4 is 0 Å². The van der Waals surface area contributed by atoms with Gasteiger partial charge in [0.1, 0.15) is 4.21 Å². The molecule has 0 saturated carbocycles. The normalized spacial score (nSPS) is 26.4. The molecule has 0 spiro atoms. The molecule has 1 N–H and O–H groups in total. The minimum atomic E-state index is -3.41. The zero-order valence-electron chi connectivity index (χ0n) is 10.4. The lowest BCUT2D eigenvalue weighted by Crippen LogP contribution is -2.47. The van der Waals surface area contributed by atoms with E-state index < -0.39 is 10.0 Å². The molecule has 0 aliphatic carbocycles. The first-order valence-electron chi connectivity index (χ1n) is 5.78. The summed E-state index contributed by atoms with van der Waals surface area (Å²) in [6.45, 7) is 4.46. The molecule has 102 valence electrons. The van der Waals surface area contributed by atoms with Crippen molar-refractivity contribution in [3.63, 3.8) is 0 Å². The number of nitrogens with zero attached hydrogens (tertiary/aromatic N) is 1. The van der Waals surface area contributed by atoms with Gasteiger partial charge >= 0.3 is 0 Å². The highest BCUT2D eigenvalue weighted by atomic mass is 32.2. The van der Waals surface area contributed by atoms with Gasteiger partial charge in [-0.05, 0) is 23.9 Å². The average Bonchev–Trinajstić information content (AvgIpc) is 2.81. The second-order valence-electron chi connectivity index (χ2n) is 4.36. The van der Waals surface area contributed by atoms with E-state index in [4.69, 9.17) is 5.11 Å². The van der Waals surface area contributed by atoms with E-state index in [1.54, 1.807) is 15.8 Å². The molecule has 4 nitrogen and oxygen atoms in total. The van der Waals surface area contributed by atoms with E-state index in [1.165, 1.54) is 11.3 Å². The van der Waals surface area contributed by atoms with Gasteiger partial charge < -0.3 is 5.11 Å². The van der Waals surface area contributed by atoms with E-state index in [-0.39, 0.29) is 12.6 Å². The van der Waals surface area contributed by atoms with Crippen molar-refractivity contribution in [2.24, 2.45) is 0 Å². The van der Waals surface area contributed by atoms with Crippen molar-refractivity contribution < 1.29 is 13.5 Å². The van der Waals surface area contributed by atoms with E-state index >= 15 is 0 Å². The van der Waals surface area contributed by atoms with E-state index in [0.717, 1.165) is 5.75 Å². The number of aliphatic hydroxyl groups is 1. The highest BCUT2D eigenvalue weighted by molar-refractivity contribution is 8.00. The number of sulfonamides is 1. The van der Waals surface area contributed by atoms with Gasteiger partial charge in [0.15, 0.2) is 0 Å². The minimum Gasteiger partial charge on any atom is -0.392 e. The van der Waals surface area contributed by atoms with Crippen molar-refractivity contribution in [2.75, 3.05) is 12.3 Å². The molecule has 18 heavy (non-hydrogen) atoms. The first-order chi connectivity index (χ1) is 8.46. The maximum absolute atomic E-state index is 12.5. The summed E-state index contributed by atoms with van der Waals surface area (Å²) in [5.74, 6) is 0.836. The van der Waals surface area contributed by atoms with Gasteiger partial charge in [0.2, 0.25) is 0 Å². The molecule has 0 bridgehead atoms. The fourth-order valence-electron chi connectivity index (χ4n) is 1.93. The molecular weight excluding hydrogens is 290 g/mol. The summed E-state index contributed by atoms with van der Waals surface area (Å²) in [5.41, 5.74) is 0.658. The first-order valence-corrected chi connectivity index (χ1v) is 9.15. The molecule has 1 aliphatic heterocycles. The fourth-order valence-corrected chi connectivity index (χ4v) is 6.25. The largest absolute Gasteiger partial charge is 0.392 e. The summed E-state index contributed by atoms with van der Waals surface area (Å²) >= 11 is 2.99. The van der Waals surface area contributed by atoms with Crippen LogP contribution in [0.25, 0.3) is 0 Å². The monoisotopic (exact) mass is 307 g/mol. The third-order valence-corrected chi connectivity index (χ3v) is 7.99. The zero-order valence-corrected chi connectivity index (χ0v) is 12.8. The molecule has 1 aliphatic rings. The average molecular weight is 307 g/mol. The predicted octanol–water partition coefficient (Wildman–Crippen LogP) is 1.75. The second kappa shape index (κ2) is 5.50. The summed E-state index contributed by atoms with van der Waals surface area (Å²) < 4.78 is 27.0. The number of aliphatic hydroxyl groups excluding tert-OH is 1. The SMILES string of the molecule is CC1SCCN(S(=O)(=O)c2cc(CO)cs2)C1C. The quantitative estimate of drug-likeness (QED) is 0.924. The zero-order chi connectivity index (χ0) is 13.3. The van der Waals surface area contributed by atoms with Gasteiger partial charge in [0, 0.05) is 23.6 Å². The van der Waals surface area contributed by atoms with Gasteiger partial charge in [-0.15, -0.1) is 11.3 Å². The summed E-state index contributed by atoms with van der Waals surface area (Å²) in [6.07, 6.45) is 0. The van der Waals surface area contributed by atoms with Crippen molar-refractivity contribution in [3.05, 3.63) is 17.0 Å². The van der Waals surface area contributed by atoms with Crippen LogP contribution in [-0.2, 0) is 16.6 Å². The van der Waals surface area contributed by atoms with Crippen LogP contribution in [0.4, 0.5) is 0 Å². The van der Waals surface area contributed by atoms with Crippen molar-refractivity contribution in [2.45, 2.75) is 36.0 Å². The first kappa shape index (κ1) is 14.3. The van der Waals surface area contributed by atoms with E-state index in [0.29, 0.717) is 21.6 Å². The number of thiophene rings is 1. The van der Waals surface area contributed by atoms with Crippen LogP contribution in [0.2, 0.25) is 0 Å². The molecular formula is C11H17NO3S3. The van der Waals surface area contributed by atoms with Crippen LogP contribution in [0, 0.1) is 0 Å². The molecule has 0 radical (unpaired) electrons. The highest BCUT2D eigenvalue weighted by Gasteiger charge is 2.35. The third-order valence-electron chi connectivity index (χ3n) is 3.20. The standard InChI is InChI=1S/C11H17NO3S3/c1-8-9(2)16-4-3-12(8)18(14,15)11-5-10(6-13)7-17-11/h5,7-9,13H,3-4,6H2,1-2H3. The molecule has 1 aromatic heterocycles. The van der Waals surface area contributed by atoms with Crippen molar-refractivity contribution in [3.8, 4) is 0 Å². The Balaban J connectivity index is 2.30. The number of hydrogen-bond donors (Lipinski definition) is 1. The second-order valence-corrected chi connectivity index (χ2v) is 8.88. The molecule has 1 aromatic rings. The van der Waals surface area contributed by atoms with Gasteiger partial charge in [-0.25, -0.2) is 8.42 Å². The molecule has 2 heterocycles. The summed E-state index contributed by atoms with van der Waals surface area (Å²) in [7, 11) is -3.41. The Kier molecular flexibility index (Phi) is 4.38. The summed E-state index contributed by atoms with van der Waals surface area (Å²) in [5, 5.41) is 11.0. The Morgan fingerprint density at radius 3 is 2.83 bits per heavy atom. The Morgan fingerprint density at radius 1 is 1.50 bits per heavy atom. The van der Waals surface area contributed by atoms with E-state index in [2.05, 4.69) is 6.92 Å². The number of hydrogen-bond acceptors (Lipinski definition) is 5. The van der Waals surface area contributed by atoms with Gasteiger partial charge in [-0.1, -0.05) is 6.92 Å². The molecule has 2 unspecified atom stereocenters. The lowest BCUT2D eigenvalue weighted by Gasteiger charge is -2.35. The molecule has 0 aromatic carbocycles. The van der Waals surface area contributed by atoms with Crippen molar-refractivity contribution >= 4 is 33.1 Å². The van der Waals surface area contributed by atoms with Crippen LogP contribution in [0.5, 0.6) is 0 Å². The Bertz CT molecular complexity index is 511. The van der Waals surface area contributed by atoms with Crippen molar-refractivity contribution in [1.82, 2.24) is 4.31 Å². The molecule has 0 amide bonds. The van der Waals surface area contributed by atoms with Crippen LogP contribution in [0.3, 0.4) is 0 Å².